The maximum Gasteiger partial charge on any atom is 0.134 e. The van der Waals surface area contributed by atoms with Crippen molar-refractivity contribution in [3.63, 3.8) is 0 Å². The zero-order valence-electron chi connectivity index (χ0n) is 10.1. The zero-order valence-corrected chi connectivity index (χ0v) is 10.9. The van der Waals surface area contributed by atoms with E-state index in [4.69, 9.17) is 11.6 Å². The summed E-state index contributed by atoms with van der Waals surface area (Å²) in [6, 6.07) is 8.21. The van der Waals surface area contributed by atoms with Crippen LogP contribution < -0.4 is 4.90 Å². The number of rotatable bonds is 3. The second-order valence-corrected chi connectivity index (χ2v) is 4.39. The minimum absolute atomic E-state index is 0.142. The van der Waals surface area contributed by atoms with Crippen molar-refractivity contribution in [2.75, 3.05) is 11.9 Å². The fraction of sp³-hybridized carbons (Fsp3) is 0.231. The van der Waals surface area contributed by atoms with Crippen molar-refractivity contribution in [2.24, 2.45) is 0 Å². The van der Waals surface area contributed by atoms with E-state index in [9.17, 15) is 4.39 Å². The van der Waals surface area contributed by atoms with E-state index in [1.165, 1.54) is 12.4 Å². The van der Waals surface area contributed by atoms with Gasteiger partial charge in [0.15, 0.2) is 0 Å². The van der Waals surface area contributed by atoms with Gasteiger partial charge in [0.25, 0.3) is 0 Å². The smallest absolute Gasteiger partial charge is 0.134 e. The molecule has 1 unspecified atom stereocenters. The van der Waals surface area contributed by atoms with Gasteiger partial charge in [0.1, 0.15) is 23.1 Å². The van der Waals surface area contributed by atoms with Crippen molar-refractivity contribution in [1.82, 2.24) is 9.97 Å². The molecule has 2 aromatic rings. The summed E-state index contributed by atoms with van der Waals surface area (Å²) in [7, 11) is 1.84. The Balaban J connectivity index is 2.29. The first kappa shape index (κ1) is 12.8. The second-order valence-electron chi connectivity index (χ2n) is 4.01. The van der Waals surface area contributed by atoms with Gasteiger partial charge in [0.2, 0.25) is 0 Å². The average molecular weight is 266 g/mol. The molecule has 1 atom stereocenters. The second kappa shape index (κ2) is 5.31. The van der Waals surface area contributed by atoms with Gasteiger partial charge < -0.3 is 4.90 Å². The molecule has 2 rings (SSSR count). The molecule has 0 aliphatic heterocycles. The summed E-state index contributed by atoms with van der Waals surface area (Å²) in [5.41, 5.74) is 0.620. The Morgan fingerprint density at radius 1 is 1.28 bits per heavy atom. The summed E-state index contributed by atoms with van der Waals surface area (Å²) >= 11 is 5.82. The van der Waals surface area contributed by atoms with E-state index in [-0.39, 0.29) is 11.9 Å². The molecule has 0 saturated heterocycles. The molecular weight excluding hydrogens is 253 g/mol. The highest BCUT2D eigenvalue weighted by Gasteiger charge is 2.16. The van der Waals surface area contributed by atoms with Crippen molar-refractivity contribution in [1.29, 1.82) is 0 Å². The molecule has 1 heterocycles. The molecule has 1 aromatic heterocycles. The van der Waals surface area contributed by atoms with Gasteiger partial charge in [0, 0.05) is 18.7 Å². The van der Waals surface area contributed by atoms with Crippen molar-refractivity contribution >= 4 is 17.4 Å². The van der Waals surface area contributed by atoms with Crippen LogP contribution in [0.4, 0.5) is 10.2 Å². The molecule has 3 nitrogen and oxygen atoms in total. The van der Waals surface area contributed by atoms with Crippen molar-refractivity contribution in [3.8, 4) is 0 Å². The lowest BCUT2D eigenvalue weighted by atomic mass is 10.1. The third-order valence-corrected chi connectivity index (χ3v) is 3.12. The summed E-state index contributed by atoms with van der Waals surface area (Å²) in [5.74, 6) is 0.433. The van der Waals surface area contributed by atoms with Crippen LogP contribution in [0.2, 0.25) is 5.15 Å². The highest BCUT2D eigenvalue weighted by Crippen LogP contribution is 2.26. The van der Waals surface area contributed by atoms with Crippen LogP contribution in [-0.2, 0) is 0 Å². The molecule has 0 bridgehead atoms. The van der Waals surface area contributed by atoms with Crippen LogP contribution in [0.5, 0.6) is 0 Å². The monoisotopic (exact) mass is 265 g/mol. The number of hydrogen-bond acceptors (Lipinski definition) is 3. The molecule has 0 saturated carbocycles. The minimum Gasteiger partial charge on any atom is -0.353 e. The molecule has 0 radical (unpaired) electrons. The van der Waals surface area contributed by atoms with Crippen molar-refractivity contribution in [3.05, 3.63) is 53.2 Å². The lowest BCUT2D eigenvalue weighted by Gasteiger charge is -2.26. The summed E-state index contributed by atoms with van der Waals surface area (Å²) < 4.78 is 13.7. The van der Waals surface area contributed by atoms with Crippen LogP contribution in [0, 0.1) is 5.82 Å². The molecule has 0 amide bonds. The van der Waals surface area contributed by atoms with Crippen LogP contribution in [0.15, 0.2) is 36.7 Å². The summed E-state index contributed by atoms with van der Waals surface area (Å²) in [6.45, 7) is 1.91. The quantitative estimate of drug-likeness (QED) is 0.796. The largest absolute Gasteiger partial charge is 0.353 e. The molecule has 0 fully saturated rings. The Morgan fingerprint density at radius 3 is 2.67 bits per heavy atom. The van der Waals surface area contributed by atoms with E-state index in [1.807, 2.05) is 24.9 Å². The van der Waals surface area contributed by atoms with Gasteiger partial charge in [0.05, 0.1) is 6.04 Å². The molecule has 1 aromatic carbocycles. The summed E-state index contributed by atoms with van der Waals surface area (Å²) in [4.78, 5) is 9.80. The standard InChI is InChI=1S/C13H13ClFN3/c1-9(10-5-3-4-6-11(10)15)18(2)13-7-12(14)16-8-17-13/h3-9H,1-2H3. The Morgan fingerprint density at radius 2 is 2.00 bits per heavy atom. The van der Waals surface area contributed by atoms with Crippen LogP contribution in [0.1, 0.15) is 18.5 Å². The van der Waals surface area contributed by atoms with Crippen molar-refractivity contribution < 1.29 is 4.39 Å². The van der Waals surface area contributed by atoms with Gasteiger partial charge in [-0.25, -0.2) is 14.4 Å². The topological polar surface area (TPSA) is 29.0 Å². The Labute approximate surface area is 110 Å². The highest BCUT2D eigenvalue weighted by atomic mass is 35.5. The minimum atomic E-state index is -0.225. The highest BCUT2D eigenvalue weighted by molar-refractivity contribution is 6.29. The van der Waals surface area contributed by atoms with Gasteiger partial charge >= 0.3 is 0 Å². The lowest BCUT2D eigenvalue weighted by Crippen LogP contribution is -2.23. The Bertz CT molecular complexity index is 547. The van der Waals surface area contributed by atoms with E-state index >= 15 is 0 Å². The first-order chi connectivity index (χ1) is 8.59. The molecule has 5 heteroatoms. The third-order valence-electron chi connectivity index (χ3n) is 2.92. The van der Waals surface area contributed by atoms with Crippen LogP contribution in [0.3, 0.4) is 0 Å². The Kier molecular flexibility index (Phi) is 3.77. The maximum atomic E-state index is 13.7. The maximum absolute atomic E-state index is 13.7. The van der Waals surface area contributed by atoms with Gasteiger partial charge in [-0.15, -0.1) is 0 Å². The predicted molar refractivity (Wildman–Crippen MR) is 70.3 cm³/mol. The normalized spacial score (nSPS) is 12.2. The number of halogens is 2. The first-order valence-electron chi connectivity index (χ1n) is 5.54. The van der Waals surface area contributed by atoms with Crippen LogP contribution in [0.25, 0.3) is 0 Å². The van der Waals surface area contributed by atoms with E-state index < -0.39 is 0 Å². The Hall–Kier alpha value is -1.68. The molecular formula is C13H13ClFN3. The first-order valence-corrected chi connectivity index (χ1v) is 5.92. The van der Waals surface area contributed by atoms with E-state index in [2.05, 4.69) is 9.97 Å². The average Bonchev–Trinajstić information content (AvgIpc) is 2.37. The molecule has 0 spiro atoms. The summed E-state index contributed by atoms with van der Waals surface area (Å²) in [6.07, 6.45) is 1.39. The zero-order chi connectivity index (χ0) is 13.1. The van der Waals surface area contributed by atoms with Gasteiger partial charge in [-0.05, 0) is 13.0 Å². The molecule has 0 aliphatic rings. The molecule has 18 heavy (non-hydrogen) atoms. The van der Waals surface area contributed by atoms with E-state index in [0.29, 0.717) is 16.5 Å². The molecule has 0 N–H and O–H groups in total. The molecule has 94 valence electrons. The number of hydrogen-bond donors (Lipinski definition) is 0. The van der Waals surface area contributed by atoms with Gasteiger partial charge in [-0.1, -0.05) is 29.8 Å². The third kappa shape index (κ3) is 2.59. The summed E-state index contributed by atoms with van der Waals surface area (Å²) in [5, 5.41) is 0.368. The lowest BCUT2D eigenvalue weighted by molar-refractivity contribution is 0.584. The predicted octanol–water partition coefficient (Wildman–Crippen LogP) is 3.47. The van der Waals surface area contributed by atoms with E-state index in [1.54, 1.807) is 18.2 Å². The van der Waals surface area contributed by atoms with Gasteiger partial charge in [-0.3, -0.25) is 0 Å². The number of benzene rings is 1. The van der Waals surface area contributed by atoms with Gasteiger partial charge in [-0.2, -0.15) is 0 Å². The van der Waals surface area contributed by atoms with E-state index in [0.717, 1.165) is 0 Å². The number of aromatic nitrogens is 2. The van der Waals surface area contributed by atoms with Crippen LogP contribution >= 0.6 is 11.6 Å². The number of nitrogens with zero attached hydrogens (tertiary/aromatic N) is 3. The van der Waals surface area contributed by atoms with Crippen molar-refractivity contribution in [2.45, 2.75) is 13.0 Å². The fourth-order valence-electron chi connectivity index (χ4n) is 1.74. The number of anilines is 1. The SMILES string of the molecule is CC(c1ccccc1F)N(C)c1cc(Cl)ncn1. The molecule has 0 aliphatic carbocycles. The van der Waals surface area contributed by atoms with Crippen LogP contribution in [-0.4, -0.2) is 17.0 Å². The fourth-order valence-corrected chi connectivity index (χ4v) is 1.88.